The van der Waals surface area contributed by atoms with Crippen LogP contribution >= 0.6 is 11.6 Å². The van der Waals surface area contributed by atoms with E-state index in [1.165, 1.54) is 6.07 Å². The first-order chi connectivity index (χ1) is 9.43. The molecule has 1 aromatic rings. The highest BCUT2D eigenvalue weighted by atomic mass is 35.5. The molecular weight excluding hydrogens is 284 g/mol. The van der Waals surface area contributed by atoms with Crippen molar-refractivity contribution in [2.75, 3.05) is 31.7 Å². The summed E-state index contributed by atoms with van der Waals surface area (Å²) in [6.07, 6.45) is 1.02. The van der Waals surface area contributed by atoms with E-state index >= 15 is 0 Å². The largest absolute Gasteiger partial charge is 0.388 e. The zero-order valence-electron chi connectivity index (χ0n) is 11.2. The molecule has 0 unspecified atom stereocenters. The van der Waals surface area contributed by atoms with E-state index in [1.54, 1.807) is 24.1 Å². The van der Waals surface area contributed by atoms with Crippen LogP contribution in [0.1, 0.15) is 12.8 Å². The van der Waals surface area contributed by atoms with E-state index < -0.39 is 10.5 Å². The van der Waals surface area contributed by atoms with Crippen LogP contribution in [0.2, 0.25) is 5.02 Å². The first kappa shape index (κ1) is 15.0. The molecule has 20 heavy (non-hydrogen) atoms. The van der Waals surface area contributed by atoms with Gasteiger partial charge in [-0.25, -0.2) is 0 Å². The number of rotatable bonds is 4. The fourth-order valence-corrected chi connectivity index (χ4v) is 2.77. The van der Waals surface area contributed by atoms with Crippen molar-refractivity contribution in [2.45, 2.75) is 18.4 Å². The molecule has 0 bridgehead atoms. The second-order valence-corrected chi connectivity index (χ2v) is 5.46. The molecule has 0 aromatic heterocycles. The lowest BCUT2D eigenvalue weighted by molar-refractivity contribution is -0.384. The molecule has 0 aliphatic carbocycles. The van der Waals surface area contributed by atoms with Gasteiger partial charge in [-0.1, -0.05) is 17.7 Å². The van der Waals surface area contributed by atoms with Crippen molar-refractivity contribution >= 4 is 23.0 Å². The molecule has 110 valence electrons. The lowest BCUT2D eigenvalue weighted by Gasteiger charge is -2.36. The molecule has 1 aromatic carbocycles. The summed E-state index contributed by atoms with van der Waals surface area (Å²) in [7, 11) is 1.70. The topological polar surface area (TPSA) is 75.8 Å². The molecule has 1 aliphatic rings. The molecule has 2 rings (SSSR count). The van der Waals surface area contributed by atoms with Gasteiger partial charge in [0.25, 0.3) is 5.69 Å². The number of anilines is 1. The number of aliphatic hydroxyl groups is 1. The van der Waals surface area contributed by atoms with Crippen LogP contribution in [0.15, 0.2) is 18.2 Å². The summed E-state index contributed by atoms with van der Waals surface area (Å²) in [5, 5.41) is 21.9. The summed E-state index contributed by atoms with van der Waals surface area (Å²) in [4.78, 5) is 12.3. The van der Waals surface area contributed by atoms with Gasteiger partial charge >= 0.3 is 0 Å². The van der Waals surface area contributed by atoms with Crippen molar-refractivity contribution in [3.05, 3.63) is 33.3 Å². The van der Waals surface area contributed by atoms with Crippen molar-refractivity contribution in [2.24, 2.45) is 0 Å². The number of hydrogen-bond donors (Lipinski definition) is 1. The third-order valence-electron chi connectivity index (χ3n) is 3.50. The molecule has 0 saturated carbocycles. The van der Waals surface area contributed by atoms with E-state index in [1.807, 2.05) is 0 Å². The van der Waals surface area contributed by atoms with E-state index in [0.29, 0.717) is 36.8 Å². The highest BCUT2D eigenvalue weighted by molar-refractivity contribution is 6.33. The molecular formula is C13H17ClN2O4. The minimum atomic E-state index is -0.903. The van der Waals surface area contributed by atoms with E-state index in [4.69, 9.17) is 16.3 Å². The van der Waals surface area contributed by atoms with Crippen molar-refractivity contribution < 1.29 is 14.8 Å². The smallest absolute Gasteiger partial charge is 0.294 e. The molecule has 1 heterocycles. The highest BCUT2D eigenvalue weighted by Gasteiger charge is 2.33. The molecule has 0 spiro atoms. The predicted molar refractivity (Wildman–Crippen MR) is 76.4 cm³/mol. The van der Waals surface area contributed by atoms with Gasteiger partial charge in [0, 0.05) is 45.7 Å². The number of benzene rings is 1. The Hall–Kier alpha value is -1.37. The summed E-state index contributed by atoms with van der Waals surface area (Å²) >= 11 is 6.08. The van der Waals surface area contributed by atoms with Crippen LogP contribution in [0, 0.1) is 10.1 Å². The fraction of sp³-hybridized carbons (Fsp3) is 0.538. The minimum Gasteiger partial charge on any atom is -0.388 e. The van der Waals surface area contributed by atoms with Crippen molar-refractivity contribution in [3.63, 3.8) is 0 Å². The summed E-state index contributed by atoms with van der Waals surface area (Å²) < 4.78 is 5.23. The van der Waals surface area contributed by atoms with E-state index in [9.17, 15) is 15.2 Å². The maximum atomic E-state index is 11.1. The Morgan fingerprint density at radius 2 is 2.15 bits per heavy atom. The Labute approximate surface area is 122 Å². The average Bonchev–Trinajstić information content (AvgIpc) is 2.38. The number of para-hydroxylation sites is 1. The molecule has 0 radical (unpaired) electrons. The SMILES string of the molecule is CN(CC1(O)CCOCC1)c1c(Cl)cccc1[N+](=O)[O-]. The van der Waals surface area contributed by atoms with Crippen LogP contribution in [-0.2, 0) is 4.74 Å². The van der Waals surface area contributed by atoms with E-state index in [0.717, 1.165) is 0 Å². The minimum absolute atomic E-state index is 0.0596. The second kappa shape index (κ2) is 5.95. The summed E-state index contributed by atoms with van der Waals surface area (Å²) in [5.74, 6) is 0. The predicted octanol–water partition coefficient (Wildman–Crippen LogP) is 2.23. The number of nitro benzene ring substituents is 1. The number of nitro groups is 1. The fourth-order valence-electron chi connectivity index (χ4n) is 2.46. The first-order valence-corrected chi connectivity index (χ1v) is 6.75. The molecule has 1 N–H and O–H groups in total. The maximum absolute atomic E-state index is 11.1. The number of halogens is 1. The molecule has 1 saturated heterocycles. The van der Waals surface area contributed by atoms with E-state index in [2.05, 4.69) is 0 Å². The molecule has 0 amide bonds. The number of ether oxygens (including phenoxy) is 1. The van der Waals surface area contributed by atoms with Gasteiger partial charge in [-0.2, -0.15) is 0 Å². The van der Waals surface area contributed by atoms with Crippen molar-refractivity contribution in [3.8, 4) is 0 Å². The Bertz CT molecular complexity index is 503. The highest BCUT2D eigenvalue weighted by Crippen LogP contribution is 2.36. The van der Waals surface area contributed by atoms with Crippen LogP contribution in [-0.4, -0.2) is 42.4 Å². The van der Waals surface area contributed by atoms with Gasteiger partial charge < -0.3 is 14.7 Å². The standard InChI is InChI=1S/C13H17ClN2O4/c1-15(9-13(17)5-7-20-8-6-13)12-10(14)3-2-4-11(12)16(18)19/h2-4,17H,5-9H2,1H3. The van der Waals surface area contributed by atoms with Crippen LogP contribution in [0.4, 0.5) is 11.4 Å². The van der Waals surface area contributed by atoms with Crippen LogP contribution in [0.25, 0.3) is 0 Å². The first-order valence-electron chi connectivity index (χ1n) is 6.37. The molecule has 6 nitrogen and oxygen atoms in total. The zero-order valence-corrected chi connectivity index (χ0v) is 12.0. The van der Waals surface area contributed by atoms with E-state index in [-0.39, 0.29) is 12.2 Å². The van der Waals surface area contributed by atoms with Gasteiger partial charge in [-0.15, -0.1) is 0 Å². The van der Waals surface area contributed by atoms with Gasteiger partial charge in [0.05, 0.1) is 15.5 Å². The van der Waals surface area contributed by atoms with Crippen LogP contribution < -0.4 is 4.90 Å². The average molecular weight is 301 g/mol. The normalized spacial score (nSPS) is 17.8. The monoisotopic (exact) mass is 300 g/mol. The van der Waals surface area contributed by atoms with Gasteiger partial charge in [-0.05, 0) is 6.07 Å². The molecule has 7 heteroatoms. The Kier molecular flexibility index (Phi) is 4.47. The lowest BCUT2D eigenvalue weighted by Crippen LogP contribution is -2.46. The van der Waals surface area contributed by atoms with Crippen molar-refractivity contribution in [1.29, 1.82) is 0 Å². The second-order valence-electron chi connectivity index (χ2n) is 5.06. The summed E-state index contributed by atoms with van der Waals surface area (Å²) in [5.41, 5.74) is -0.630. The van der Waals surface area contributed by atoms with Gasteiger partial charge in [0.2, 0.25) is 0 Å². The summed E-state index contributed by atoms with van der Waals surface area (Å²) in [6, 6.07) is 4.56. The number of hydrogen-bond acceptors (Lipinski definition) is 5. The van der Waals surface area contributed by atoms with Crippen LogP contribution in [0.3, 0.4) is 0 Å². The van der Waals surface area contributed by atoms with Crippen molar-refractivity contribution in [1.82, 2.24) is 0 Å². The molecule has 0 atom stereocenters. The lowest BCUT2D eigenvalue weighted by atomic mass is 9.93. The Morgan fingerprint density at radius 3 is 2.75 bits per heavy atom. The maximum Gasteiger partial charge on any atom is 0.294 e. The Morgan fingerprint density at radius 1 is 1.50 bits per heavy atom. The Balaban J connectivity index is 2.24. The van der Waals surface area contributed by atoms with Gasteiger partial charge in [-0.3, -0.25) is 10.1 Å². The quantitative estimate of drug-likeness (QED) is 0.681. The zero-order chi connectivity index (χ0) is 14.8. The number of nitrogens with zero attached hydrogens (tertiary/aromatic N) is 2. The third-order valence-corrected chi connectivity index (χ3v) is 3.80. The number of likely N-dealkylation sites (N-methyl/N-ethyl adjacent to an activating group) is 1. The summed E-state index contributed by atoms with van der Waals surface area (Å²) in [6.45, 7) is 1.27. The molecule has 1 aliphatic heterocycles. The molecule has 1 fully saturated rings. The van der Waals surface area contributed by atoms with Crippen LogP contribution in [0.5, 0.6) is 0 Å². The third kappa shape index (κ3) is 3.20. The van der Waals surface area contributed by atoms with Gasteiger partial charge in [0.15, 0.2) is 0 Å². The van der Waals surface area contributed by atoms with Gasteiger partial charge in [0.1, 0.15) is 5.69 Å².